The van der Waals surface area contributed by atoms with Gasteiger partial charge in [-0.3, -0.25) is 9.59 Å². The van der Waals surface area contributed by atoms with E-state index < -0.39 is 17.4 Å². The van der Waals surface area contributed by atoms with Crippen molar-refractivity contribution < 1.29 is 22.7 Å². The molecule has 0 heterocycles. The molecule has 0 aromatic heterocycles. The maximum atomic E-state index is 11.1. The van der Waals surface area contributed by atoms with E-state index in [2.05, 4.69) is 0 Å². The molecule has 2 N–H and O–H groups in total. The molecular formula is C12H16MgO4. The van der Waals surface area contributed by atoms with Gasteiger partial charge in [0, 0.05) is 0 Å². The van der Waals surface area contributed by atoms with Crippen LogP contribution in [0.1, 0.15) is 21.8 Å². The van der Waals surface area contributed by atoms with Gasteiger partial charge in [-0.05, 0) is 18.4 Å². The molecule has 5 heteroatoms. The molecule has 4 nitrogen and oxygen atoms in total. The fourth-order valence-corrected chi connectivity index (χ4v) is 1.61. The van der Waals surface area contributed by atoms with Crippen LogP contribution in [-0.4, -0.2) is 45.2 Å². The number of hydrogen-bond acceptors (Lipinski definition) is 2. The molecule has 0 unspecified atom stereocenters. The van der Waals surface area contributed by atoms with E-state index in [9.17, 15) is 9.59 Å². The molecular weight excluding hydrogens is 232 g/mol. The average molecular weight is 249 g/mol. The van der Waals surface area contributed by atoms with Crippen molar-refractivity contribution in [2.75, 3.05) is 0 Å². The first-order valence-electron chi connectivity index (χ1n) is 5.03. The van der Waals surface area contributed by atoms with Crippen molar-refractivity contribution in [1.82, 2.24) is 0 Å². The zero-order valence-corrected chi connectivity index (χ0v) is 11.1. The Balaban J connectivity index is -0.000000853. The minimum absolute atomic E-state index is 0. The third kappa shape index (κ3) is 3.44. The fourth-order valence-electron chi connectivity index (χ4n) is 1.61. The molecule has 0 aliphatic heterocycles. The van der Waals surface area contributed by atoms with Gasteiger partial charge in [-0.2, -0.15) is 0 Å². The third-order valence-corrected chi connectivity index (χ3v) is 2.77. The summed E-state index contributed by atoms with van der Waals surface area (Å²) in [5.41, 5.74) is -1.00. The van der Waals surface area contributed by atoms with Crippen molar-refractivity contribution >= 4 is 35.0 Å². The zero-order chi connectivity index (χ0) is 12.2. The second kappa shape index (κ2) is 6.61. The van der Waals surface area contributed by atoms with E-state index in [0.717, 1.165) is 0 Å². The van der Waals surface area contributed by atoms with Crippen LogP contribution in [0, 0.1) is 5.41 Å². The Morgan fingerprint density at radius 1 is 1.18 bits per heavy atom. The first-order chi connectivity index (χ1) is 7.53. The minimum atomic E-state index is -1.72. The number of carbonyl (C=O) groups is 2. The SMILES string of the molecule is CCC(Cc1ccccc1)(C(=O)O)C(=O)O.[H-].[H-].[Mg+2]. The van der Waals surface area contributed by atoms with Gasteiger partial charge in [0.2, 0.25) is 0 Å². The Morgan fingerprint density at radius 2 is 1.65 bits per heavy atom. The van der Waals surface area contributed by atoms with Crippen LogP contribution < -0.4 is 0 Å². The predicted octanol–water partition coefficient (Wildman–Crippen LogP) is 1.64. The van der Waals surface area contributed by atoms with Crippen LogP contribution in [-0.2, 0) is 16.0 Å². The van der Waals surface area contributed by atoms with Gasteiger partial charge in [0.1, 0.15) is 0 Å². The number of rotatable bonds is 5. The summed E-state index contributed by atoms with van der Waals surface area (Å²) >= 11 is 0. The molecule has 0 aliphatic carbocycles. The van der Waals surface area contributed by atoms with Gasteiger partial charge in [-0.25, -0.2) is 0 Å². The van der Waals surface area contributed by atoms with Gasteiger partial charge >= 0.3 is 35.0 Å². The van der Waals surface area contributed by atoms with Gasteiger partial charge in [-0.15, -0.1) is 0 Å². The molecule has 0 fully saturated rings. The van der Waals surface area contributed by atoms with E-state index >= 15 is 0 Å². The maximum absolute atomic E-state index is 11.1. The van der Waals surface area contributed by atoms with Crippen LogP contribution in [0.4, 0.5) is 0 Å². The maximum Gasteiger partial charge on any atom is 2.00 e. The molecule has 0 amide bonds. The van der Waals surface area contributed by atoms with Crippen LogP contribution in [0.5, 0.6) is 0 Å². The summed E-state index contributed by atoms with van der Waals surface area (Å²) in [5, 5.41) is 18.1. The summed E-state index contributed by atoms with van der Waals surface area (Å²) < 4.78 is 0. The molecule has 1 aromatic rings. The fraction of sp³-hybridized carbons (Fsp3) is 0.333. The monoisotopic (exact) mass is 248 g/mol. The zero-order valence-electron chi connectivity index (χ0n) is 11.7. The summed E-state index contributed by atoms with van der Waals surface area (Å²) in [4.78, 5) is 22.2. The minimum Gasteiger partial charge on any atom is -1.00 e. The van der Waals surface area contributed by atoms with E-state index in [1.807, 2.05) is 0 Å². The van der Waals surface area contributed by atoms with Crippen molar-refractivity contribution in [3.8, 4) is 0 Å². The second-order valence-corrected chi connectivity index (χ2v) is 3.71. The molecule has 1 rings (SSSR count). The largest absolute Gasteiger partial charge is 2.00 e. The van der Waals surface area contributed by atoms with Crippen molar-refractivity contribution in [2.24, 2.45) is 5.41 Å². The Kier molecular flexibility index (Phi) is 6.19. The molecule has 1 aromatic carbocycles. The molecule has 0 aliphatic rings. The van der Waals surface area contributed by atoms with Gasteiger partial charge in [0.05, 0.1) is 0 Å². The Labute approximate surface area is 119 Å². The van der Waals surface area contributed by atoms with E-state index in [-0.39, 0.29) is 38.7 Å². The predicted molar refractivity (Wildman–Crippen MR) is 66.1 cm³/mol. The Morgan fingerprint density at radius 3 is 2.00 bits per heavy atom. The molecule has 0 radical (unpaired) electrons. The Bertz CT molecular complexity index is 384. The third-order valence-electron chi connectivity index (χ3n) is 2.77. The van der Waals surface area contributed by atoms with Crippen molar-refractivity contribution in [3.63, 3.8) is 0 Å². The standard InChI is InChI=1S/C12H14O4.Mg.2H/c1-2-12(10(13)14,11(15)16)8-9-6-4-3-5-7-9;;;/h3-7H,2,8H2,1H3,(H,13,14)(H,15,16);;;/q;+2;2*-1. The number of hydrogen-bond donors (Lipinski definition) is 2. The Hall–Kier alpha value is -1.07. The first-order valence-corrected chi connectivity index (χ1v) is 5.03. The molecule has 0 spiro atoms. The van der Waals surface area contributed by atoms with Crippen LogP contribution in [0.3, 0.4) is 0 Å². The summed E-state index contributed by atoms with van der Waals surface area (Å²) in [6.07, 6.45) is 0.0710. The van der Waals surface area contributed by atoms with E-state index in [4.69, 9.17) is 10.2 Å². The van der Waals surface area contributed by atoms with Crippen LogP contribution in [0.25, 0.3) is 0 Å². The van der Waals surface area contributed by atoms with Gasteiger partial charge in [0.15, 0.2) is 5.41 Å². The molecule has 0 saturated heterocycles. The number of carboxylic acid groups (broad SMARTS) is 2. The molecule has 0 saturated carbocycles. The number of benzene rings is 1. The summed E-state index contributed by atoms with van der Waals surface area (Å²) in [5.74, 6) is -2.57. The first kappa shape index (κ1) is 15.9. The molecule has 0 bridgehead atoms. The quantitative estimate of drug-likeness (QED) is 0.614. The van der Waals surface area contributed by atoms with Gasteiger partial charge in [0.25, 0.3) is 0 Å². The topological polar surface area (TPSA) is 74.6 Å². The van der Waals surface area contributed by atoms with E-state index in [0.29, 0.717) is 5.56 Å². The van der Waals surface area contributed by atoms with Crippen molar-refractivity contribution in [1.29, 1.82) is 0 Å². The summed E-state index contributed by atoms with van der Waals surface area (Å²) in [6.45, 7) is 1.57. The average Bonchev–Trinajstić information content (AvgIpc) is 2.26. The molecule has 0 atom stereocenters. The van der Waals surface area contributed by atoms with Gasteiger partial charge in [-0.1, -0.05) is 37.3 Å². The second-order valence-electron chi connectivity index (χ2n) is 3.71. The molecule has 17 heavy (non-hydrogen) atoms. The van der Waals surface area contributed by atoms with Crippen molar-refractivity contribution in [2.45, 2.75) is 19.8 Å². The summed E-state index contributed by atoms with van der Waals surface area (Å²) in [7, 11) is 0. The van der Waals surface area contributed by atoms with Crippen LogP contribution in [0.2, 0.25) is 0 Å². The smallest absolute Gasteiger partial charge is 1.00 e. The van der Waals surface area contributed by atoms with E-state index in [1.54, 1.807) is 37.3 Å². The van der Waals surface area contributed by atoms with E-state index in [1.165, 1.54) is 0 Å². The molecule has 90 valence electrons. The van der Waals surface area contributed by atoms with Crippen LogP contribution in [0.15, 0.2) is 30.3 Å². The van der Waals surface area contributed by atoms with Gasteiger partial charge < -0.3 is 13.1 Å². The normalized spacial score (nSPS) is 10.4. The van der Waals surface area contributed by atoms with Crippen LogP contribution >= 0.6 is 0 Å². The number of aliphatic carboxylic acids is 2. The summed E-state index contributed by atoms with van der Waals surface area (Å²) in [6, 6.07) is 8.80. The van der Waals surface area contributed by atoms with Crippen molar-refractivity contribution in [3.05, 3.63) is 35.9 Å². The number of carboxylic acids is 2.